The van der Waals surface area contributed by atoms with Crippen LogP contribution >= 0.6 is 0 Å². The van der Waals surface area contributed by atoms with E-state index in [0.29, 0.717) is 0 Å². The van der Waals surface area contributed by atoms with Crippen LogP contribution < -0.4 is 5.32 Å². The van der Waals surface area contributed by atoms with Gasteiger partial charge in [0.15, 0.2) is 9.84 Å². The van der Waals surface area contributed by atoms with Gasteiger partial charge in [0.1, 0.15) is 0 Å². The molecule has 0 amide bonds. The van der Waals surface area contributed by atoms with Crippen molar-refractivity contribution < 1.29 is 13.5 Å². The van der Waals surface area contributed by atoms with Crippen molar-refractivity contribution in [2.24, 2.45) is 0 Å². The third-order valence-electron chi connectivity index (χ3n) is 1.84. The summed E-state index contributed by atoms with van der Waals surface area (Å²) in [7, 11) is -1.61. The Labute approximate surface area is 83.5 Å². The number of sulfone groups is 1. The Hall–Kier alpha value is -1.07. The number of aliphatic hydroxyl groups excluding tert-OH is 1. The molecule has 14 heavy (non-hydrogen) atoms. The van der Waals surface area contributed by atoms with Gasteiger partial charge in [-0.3, -0.25) is 0 Å². The smallest absolute Gasteiger partial charge is 0.180 e. The van der Waals surface area contributed by atoms with Gasteiger partial charge in [-0.25, -0.2) is 8.42 Å². The number of benzene rings is 1. The molecule has 0 saturated carbocycles. The highest BCUT2D eigenvalue weighted by molar-refractivity contribution is 7.91. The summed E-state index contributed by atoms with van der Waals surface area (Å²) in [5.74, 6) is -0.236. The molecule has 5 heteroatoms. The van der Waals surface area contributed by atoms with Crippen molar-refractivity contribution in [3.8, 4) is 0 Å². The maximum atomic E-state index is 11.5. The van der Waals surface area contributed by atoms with Crippen molar-refractivity contribution in [3.05, 3.63) is 24.3 Å². The SMILES string of the molecule is CNc1cccc(S(=O)(=O)CCO)c1. The van der Waals surface area contributed by atoms with Crippen molar-refractivity contribution in [2.45, 2.75) is 4.90 Å². The van der Waals surface area contributed by atoms with Crippen LogP contribution in [-0.2, 0) is 9.84 Å². The molecule has 0 unspecified atom stereocenters. The summed E-state index contributed by atoms with van der Waals surface area (Å²) in [5.41, 5.74) is 0.740. The van der Waals surface area contributed by atoms with Crippen LogP contribution in [0, 0.1) is 0 Å². The fourth-order valence-electron chi connectivity index (χ4n) is 1.08. The average molecular weight is 215 g/mol. The normalized spacial score (nSPS) is 11.3. The van der Waals surface area contributed by atoms with Gasteiger partial charge in [0.05, 0.1) is 17.3 Å². The van der Waals surface area contributed by atoms with Gasteiger partial charge in [0.2, 0.25) is 0 Å². The number of hydrogen-bond donors (Lipinski definition) is 2. The Kier molecular flexibility index (Phi) is 3.49. The molecular formula is C9H13NO3S. The average Bonchev–Trinajstić information content (AvgIpc) is 2.18. The van der Waals surface area contributed by atoms with Gasteiger partial charge in [-0.05, 0) is 18.2 Å². The minimum absolute atomic E-state index is 0.235. The zero-order valence-electron chi connectivity index (χ0n) is 7.90. The molecule has 0 atom stereocenters. The van der Waals surface area contributed by atoms with Crippen molar-refractivity contribution in [1.82, 2.24) is 0 Å². The first-order valence-electron chi connectivity index (χ1n) is 4.21. The van der Waals surface area contributed by atoms with E-state index in [1.165, 1.54) is 6.07 Å². The summed E-state index contributed by atoms with van der Waals surface area (Å²) >= 11 is 0. The summed E-state index contributed by atoms with van der Waals surface area (Å²) in [6.45, 7) is -0.355. The summed E-state index contributed by atoms with van der Waals surface area (Å²) in [4.78, 5) is 0.235. The van der Waals surface area contributed by atoms with Crippen molar-refractivity contribution in [3.63, 3.8) is 0 Å². The van der Waals surface area contributed by atoms with Crippen LogP contribution in [0.1, 0.15) is 0 Å². The zero-order valence-corrected chi connectivity index (χ0v) is 8.71. The Morgan fingerprint density at radius 3 is 2.71 bits per heavy atom. The van der Waals surface area contributed by atoms with Gasteiger partial charge in [-0.15, -0.1) is 0 Å². The molecule has 0 bridgehead atoms. The van der Waals surface area contributed by atoms with E-state index in [1.54, 1.807) is 25.2 Å². The fraction of sp³-hybridized carbons (Fsp3) is 0.333. The Bertz CT molecular complexity index is 400. The first kappa shape index (κ1) is 11.0. The summed E-state index contributed by atoms with van der Waals surface area (Å²) in [5, 5.41) is 11.4. The van der Waals surface area contributed by atoms with Crippen molar-refractivity contribution >= 4 is 15.5 Å². The van der Waals surface area contributed by atoms with E-state index < -0.39 is 9.84 Å². The van der Waals surface area contributed by atoms with Gasteiger partial charge in [-0.2, -0.15) is 0 Å². The van der Waals surface area contributed by atoms with Crippen LogP contribution in [0.15, 0.2) is 29.2 Å². The third kappa shape index (κ3) is 2.46. The molecule has 0 spiro atoms. The first-order valence-corrected chi connectivity index (χ1v) is 5.87. The van der Waals surface area contributed by atoms with Crippen LogP contribution in [0.25, 0.3) is 0 Å². The lowest BCUT2D eigenvalue weighted by Gasteiger charge is -2.04. The van der Waals surface area contributed by atoms with Crippen molar-refractivity contribution in [2.75, 3.05) is 24.7 Å². The second-order valence-electron chi connectivity index (χ2n) is 2.82. The molecule has 1 aromatic carbocycles. The number of hydrogen-bond acceptors (Lipinski definition) is 4. The highest BCUT2D eigenvalue weighted by Crippen LogP contribution is 2.15. The fourth-order valence-corrected chi connectivity index (χ4v) is 2.15. The van der Waals surface area contributed by atoms with E-state index in [2.05, 4.69) is 5.32 Å². The second kappa shape index (κ2) is 4.43. The molecule has 2 N–H and O–H groups in total. The van der Waals surface area contributed by atoms with E-state index >= 15 is 0 Å². The molecule has 0 radical (unpaired) electrons. The lowest BCUT2D eigenvalue weighted by Crippen LogP contribution is -2.10. The standard InChI is InChI=1S/C9H13NO3S/c1-10-8-3-2-4-9(7-8)14(12,13)6-5-11/h2-4,7,10-11H,5-6H2,1H3. The second-order valence-corrected chi connectivity index (χ2v) is 4.93. The maximum Gasteiger partial charge on any atom is 0.180 e. The molecular weight excluding hydrogens is 202 g/mol. The minimum atomic E-state index is -3.33. The lowest BCUT2D eigenvalue weighted by atomic mass is 10.3. The van der Waals surface area contributed by atoms with Crippen molar-refractivity contribution in [1.29, 1.82) is 0 Å². The zero-order chi connectivity index (χ0) is 10.6. The highest BCUT2D eigenvalue weighted by Gasteiger charge is 2.13. The van der Waals surface area contributed by atoms with Gasteiger partial charge in [0, 0.05) is 12.7 Å². The van der Waals surface area contributed by atoms with E-state index in [4.69, 9.17) is 5.11 Å². The van der Waals surface area contributed by atoms with Gasteiger partial charge < -0.3 is 10.4 Å². The Morgan fingerprint density at radius 1 is 1.43 bits per heavy atom. The largest absolute Gasteiger partial charge is 0.395 e. The molecule has 0 aliphatic rings. The molecule has 78 valence electrons. The molecule has 0 aromatic heterocycles. The van der Waals surface area contributed by atoms with Gasteiger partial charge in [0.25, 0.3) is 0 Å². The summed E-state index contributed by atoms with van der Waals surface area (Å²) in [6.07, 6.45) is 0. The first-order chi connectivity index (χ1) is 6.60. The summed E-state index contributed by atoms with van der Waals surface area (Å²) < 4.78 is 23.0. The lowest BCUT2D eigenvalue weighted by molar-refractivity contribution is 0.319. The van der Waals surface area contributed by atoms with E-state index in [1.807, 2.05) is 0 Å². The highest BCUT2D eigenvalue weighted by atomic mass is 32.2. The van der Waals surface area contributed by atoms with Crippen LogP contribution in [0.3, 0.4) is 0 Å². The minimum Gasteiger partial charge on any atom is -0.395 e. The van der Waals surface area contributed by atoms with Crippen LogP contribution in [0.5, 0.6) is 0 Å². The van der Waals surface area contributed by atoms with Crippen LogP contribution in [0.2, 0.25) is 0 Å². The molecule has 0 aliphatic carbocycles. The number of aliphatic hydroxyl groups is 1. The number of anilines is 1. The quantitative estimate of drug-likeness (QED) is 0.767. The third-order valence-corrected chi connectivity index (χ3v) is 3.53. The Morgan fingerprint density at radius 2 is 2.14 bits per heavy atom. The molecule has 0 aliphatic heterocycles. The molecule has 4 nitrogen and oxygen atoms in total. The monoisotopic (exact) mass is 215 g/mol. The molecule has 0 fully saturated rings. The predicted molar refractivity (Wildman–Crippen MR) is 55.1 cm³/mol. The molecule has 0 saturated heterocycles. The van der Waals surface area contributed by atoms with E-state index in [9.17, 15) is 8.42 Å². The Balaban J connectivity index is 3.07. The predicted octanol–water partition coefficient (Wildman–Crippen LogP) is 0.494. The van der Waals surface area contributed by atoms with Gasteiger partial charge in [-0.1, -0.05) is 6.07 Å². The molecule has 1 aromatic rings. The van der Waals surface area contributed by atoms with E-state index in [0.717, 1.165) is 5.69 Å². The molecule has 1 rings (SSSR count). The number of rotatable bonds is 4. The maximum absolute atomic E-state index is 11.5. The van der Waals surface area contributed by atoms with E-state index in [-0.39, 0.29) is 17.3 Å². The van der Waals surface area contributed by atoms with Gasteiger partial charge >= 0.3 is 0 Å². The topological polar surface area (TPSA) is 66.4 Å². The molecule has 0 heterocycles. The van der Waals surface area contributed by atoms with Crippen LogP contribution in [-0.4, -0.2) is 32.9 Å². The van der Waals surface area contributed by atoms with Crippen LogP contribution in [0.4, 0.5) is 5.69 Å². The number of nitrogens with one attached hydrogen (secondary N) is 1. The summed E-state index contributed by atoms with van der Waals surface area (Å²) in [6, 6.07) is 6.50.